The fourth-order valence-electron chi connectivity index (χ4n) is 2.69. The van der Waals surface area contributed by atoms with E-state index in [0.29, 0.717) is 29.4 Å². The van der Waals surface area contributed by atoms with E-state index in [9.17, 15) is 9.36 Å². The summed E-state index contributed by atoms with van der Waals surface area (Å²) in [4.78, 5) is 13.1. The van der Waals surface area contributed by atoms with Crippen LogP contribution in [0.2, 0.25) is 0 Å². The zero-order valence-electron chi connectivity index (χ0n) is 14.4. The summed E-state index contributed by atoms with van der Waals surface area (Å²) in [6, 6.07) is 5.15. The minimum absolute atomic E-state index is 0.189. The van der Waals surface area contributed by atoms with E-state index in [1.807, 2.05) is 27.7 Å². The fourth-order valence-corrected chi connectivity index (χ4v) is 6.15. The molecule has 0 heterocycles. The quantitative estimate of drug-likeness (QED) is 0.659. The van der Waals surface area contributed by atoms with Gasteiger partial charge >= 0.3 is 0 Å². The number of benzene rings is 1. The molecule has 4 nitrogen and oxygen atoms in total. The highest BCUT2D eigenvalue weighted by Crippen LogP contribution is 2.54. The van der Waals surface area contributed by atoms with Crippen LogP contribution in [0, 0.1) is 11.8 Å². The Balaban J connectivity index is 3.39. The first-order chi connectivity index (χ1) is 10.2. The van der Waals surface area contributed by atoms with Gasteiger partial charge < -0.3 is 14.0 Å². The predicted molar refractivity (Wildman–Crippen MR) is 90.9 cm³/mol. The first-order valence-corrected chi connectivity index (χ1v) is 9.66. The molecule has 124 valence electrons. The number of carbonyl (C=O) groups excluding carboxylic acids is 1. The minimum Gasteiger partial charge on any atom is -0.496 e. The monoisotopic (exact) mass is 326 g/mol. The second kappa shape index (κ2) is 7.82. The number of rotatable bonds is 8. The molecule has 0 aliphatic heterocycles. The summed E-state index contributed by atoms with van der Waals surface area (Å²) >= 11 is 0. The lowest BCUT2D eigenvalue weighted by Crippen LogP contribution is -2.15. The van der Waals surface area contributed by atoms with E-state index < -0.39 is 7.14 Å². The van der Waals surface area contributed by atoms with Crippen molar-refractivity contribution in [3.8, 4) is 11.5 Å². The molecule has 5 heteroatoms. The molecule has 0 bridgehead atoms. The van der Waals surface area contributed by atoms with Gasteiger partial charge in [0.25, 0.3) is 0 Å². The summed E-state index contributed by atoms with van der Waals surface area (Å²) in [5, 5.41) is 0. The molecule has 0 aliphatic carbocycles. The van der Waals surface area contributed by atoms with Crippen LogP contribution >= 0.6 is 7.14 Å². The molecule has 0 saturated carbocycles. The van der Waals surface area contributed by atoms with Crippen molar-refractivity contribution < 1.29 is 18.8 Å². The Morgan fingerprint density at radius 3 is 1.73 bits per heavy atom. The number of hydrogen-bond donors (Lipinski definition) is 0. The molecule has 0 aromatic heterocycles. The lowest BCUT2D eigenvalue weighted by atomic mass is 10.2. The van der Waals surface area contributed by atoms with Crippen LogP contribution in [0.4, 0.5) is 0 Å². The van der Waals surface area contributed by atoms with Crippen LogP contribution in [0.25, 0.3) is 0 Å². The average molecular weight is 326 g/mol. The normalized spacial score (nSPS) is 11.8. The molecule has 0 fully saturated rings. The molecule has 0 spiro atoms. The fraction of sp³-hybridized carbons (Fsp3) is 0.588. The van der Waals surface area contributed by atoms with Gasteiger partial charge in [-0.15, -0.1) is 0 Å². The van der Waals surface area contributed by atoms with Gasteiger partial charge in [0.05, 0.1) is 14.2 Å². The van der Waals surface area contributed by atoms with Gasteiger partial charge in [-0.25, -0.2) is 0 Å². The van der Waals surface area contributed by atoms with Gasteiger partial charge in [-0.1, -0.05) is 33.8 Å². The highest BCUT2D eigenvalue weighted by atomic mass is 31.2. The Bertz CT molecular complexity index is 528. The van der Waals surface area contributed by atoms with Crippen molar-refractivity contribution in [2.75, 3.05) is 26.5 Å². The van der Waals surface area contributed by atoms with E-state index >= 15 is 0 Å². The minimum atomic E-state index is -3.02. The smallest absolute Gasteiger partial charge is 0.228 e. The van der Waals surface area contributed by atoms with Gasteiger partial charge in [0.1, 0.15) is 17.1 Å². The third-order valence-corrected chi connectivity index (χ3v) is 6.94. The van der Waals surface area contributed by atoms with E-state index in [0.717, 1.165) is 0 Å². The third-order valence-electron chi connectivity index (χ3n) is 3.33. The molecular weight excluding hydrogens is 299 g/mol. The second-order valence-electron chi connectivity index (χ2n) is 6.38. The van der Waals surface area contributed by atoms with Crippen LogP contribution in [-0.4, -0.2) is 32.1 Å². The Kier molecular flexibility index (Phi) is 6.67. The zero-order valence-corrected chi connectivity index (χ0v) is 15.3. The molecule has 0 N–H and O–H groups in total. The number of hydrogen-bond acceptors (Lipinski definition) is 4. The molecule has 0 amide bonds. The van der Waals surface area contributed by atoms with Gasteiger partial charge in [-0.3, -0.25) is 4.79 Å². The summed E-state index contributed by atoms with van der Waals surface area (Å²) in [6.07, 6.45) is 0.816. The van der Waals surface area contributed by atoms with Crippen molar-refractivity contribution in [3.63, 3.8) is 0 Å². The van der Waals surface area contributed by atoms with E-state index in [1.165, 1.54) is 14.2 Å². The van der Waals surface area contributed by atoms with Gasteiger partial charge in [-0.2, -0.15) is 0 Å². The van der Waals surface area contributed by atoms with Crippen molar-refractivity contribution in [1.82, 2.24) is 0 Å². The molecule has 0 radical (unpaired) electrons. The third kappa shape index (κ3) is 4.36. The predicted octanol–water partition coefficient (Wildman–Crippen LogP) is 4.52. The first-order valence-electron chi connectivity index (χ1n) is 7.59. The van der Waals surface area contributed by atoms with E-state index in [4.69, 9.17) is 9.47 Å². The van der Waals surface area contributed by atoms with Crippen LogP contribution < -0.4 is 9.47 Å². The summed E-state index contributed by atoms with van der Waals surface area (Å²) in [6.45, 7) is 7.94. The van der Waals surface area contributed by atoms with Crippen LogP contribution in [0.1, 0.15) is 38.1 Å². The van der Waals surface area contributed by atoms with Crippen molar-refractivity contribution in [2.45, 2.75) is 27.7 Å². The Labute approximate surface area is 133 Å². The van der Waals surface area contributed by atoms with Gasteiger partial charge in [0, 0.05) is 12.3 Å². The maximum absolute atomic E-state index is 13.4. The van der Waals surface area contributed by atoms with Gasteiger partial charge in [-0.05, 0) is 24.0 Å². The molecule has 1 rings (SSSR count). The van der Waals surface area contributed by atoms with Crippen LogP contribution in [0.15, 0.2) is 18.2 Å². The lowest BCUT2D eigenvalue weighted by molar-refractivity contribution is 0.106. The second-order valence-corrected chi connectivity index (χ2v) is 9.30. The van der Waals surface area contributed by atoms with Gasteiger partial charge in [0.2, 0.25) is 5.52 Å². The Morgan fingerprint density at radius 1 is 1.00 bits per heavy atom. The van der Waals surface area contributed by atoms with E-state index in [1.54, 1.807) is 18.2 Å². The van der Waals surface area contributed by atoms with Gasteiger partial charge in [0.15, 0.2) is 7.14 Å². The highest BCUT2D eigenvalue weighted by Gasteiger charge is 2.37. The number of methoxy groups -OCH3 is 2. The molecule has 0 saturated heterocycles. The summed E-state index contributed by atoms with van der Waals surface area (Å²) < 4.78 is 24.0. The van der Waals surface area contributed by atoms with Crippen LogP contribution in [0.3, 0.4) is 0 Å². The summed E-state index contributed by atoms with van der Waals surface area (Å²) in [5.74, 6) is 1.21. The first kappa shape index (κ1) is 18.8. The molecule has 0 aliphatic rings. The van der Waals surface area contributed by atoms with Crippen molar-refractivity contribution in [1.29, 1.82) is 0 Å². The topological polar surface area (TPSA) is 52.6 Å². The standard InChI is InChI=1S/C17H27O4P/c1-12(2)10-22(19,11-13(3)4)17(18)16-14(20-5)8-7-9-15(16)21-6/h7-9,12-13H,10-11H2,1-6H3. The lowest BCUT2D eigenvalue weighted by Gasteiger charge is -2.22. The zero-order chi connectivity index (χ0) is 16.9. The maximum atomic E-state index is 13.4. The molecule has 1 aromatic carbocycles. The van der Waals surface area contributed by atoms with Crippen molar-refractivity contribution >= 4 is 12.7 Å². The largest absolute Gasteiger partial charge is 0.496 e. The van der Waals surface area contributed by atoms with Crippen LogP contribution in [-0.2, 0) is 4.57 Å². The van der Waals surface area contributed by atoms with Crippen molar-refractivity contribution in [3.05, 3.63) is 23.8 Å². The Hall–Kier alpha value is -1.28. The number of ether oxygens (including phenoxy) is 2. The summed E-state index contributed by atoms with van der Waals surface area (Å²) in [7, 11) is -0.0210. The average Bonchev–Trinajstić information content (AvgIpc) is 2.43. The Morgan fingerprint density at radius 2 is 1.41 bits per heavy atom. The molecule has 0 atom stereocenters. The molecule has 1 aromatic rings. The maximum Gasteiger partial charge on any atom is 0.228 e. The van der Waals surface area contributed by atoms with Crippen molar-refractivity contribution in [2.24, 2.45) is 11.8 Å². The SMILES string of the molecule is COc1cccc(OC)c1C(=O)P(=O)(CC(C)C)CC(C)C. The highest BCUT2D eigenvalue weighted by molar-refractivity contribution is 7.81. The van der Waals surface area contributed by atoms with Crippen LogP contribution in [0.5, 0.6) is 11.5 Å². The van der Waals surface area contributed by atoms with E-state index in [-0.39, 0.29) is 17.4 Å². The number of carbonyl (C=O) groups is 1. The molecular formula is C17H27O4P. The van der Waals surface area contributed by atoms with E-state index in [2.05, 4.69) is 0 Å². The molecule has 0 unspecified atom stereocenters. The summed E-state index contributed by atoms with van der Waals surface area (Å²) in [5.41, 5.74) is -0.0265. The molecule has 22 heavy (non-hydrogen) atoms.